The summed E-state index contributed by atoms with van der Waals surface area (Å²) in [6, 6.07) is 10.4. The molecule has 0 saturated carbocycles. The van der Waals surface area contributed by atoms with Crippen molar-refractivity contribution >= 4 is 0 Å². The molecular weight excluding hydrogens is 255 g/mol. The van der Waals surface area contributed by atoms with Crippen LogP contribution in [0.3, 0.4) is 0 Å². The van der Waals surface area contributed by atoms with Gasteiger partial charge in [-0.05, 0) is 31.7 Å². The Balaban J connectivity index is 2.10. The molecule has 0 aliphatic heterocycles. The van der Waals surface area contributed by atoms with E-state index < -0.39 is 0 Å². The number of hydrogen-bond donors (Lipinski definition) is 1. The fourth-order valence-corrected chi connectivity index (χ4v) is 1.87. The van der Waals surface area contributed by atoms with E-state index in [9.17, 15) is 4.39 Å². The smallest absolute Gasteiger partial charge is 0.142 e. The largest absolute Gasteiger partial charge is 0.487 e. The van der Waals surface area contributed by atoms with Gasteiger partial charge in [-0.15, -0.1) is 0 Å². The summed E-state index contributed by atoms with van der Waals surface area (Å²) in [6.07, 6.45) is 0. The van der Waals surface area contributed by atoms with Gasteiger partial charge >= 0.3 is 0 Å². The first-order valence-electron chi connectivity index (χ1n) is 6.74. The highest BCUT2D eigenvalue weighted by Gasteiger charge is 2.07. The van der Waals surface area contributed by atoms with Crippen LogP contribution >= 0.6 is 0 Å². The zero-order chi connectivity index (χ0) is 14.4. The van der Waals surface area contributed by atoms with Gasteiger partial charge < -0.3 is 10.1 Å². The zero-order valence-electron chi connectivity index (χ0n) is 11.8. The third kappa shape index (κ3) is 3.78. The molecule has 0 spiro atoms. The Morgan fingerprint density at radius 1 is 1.20 bits per heavy atom. The summed E-state index contributed by atoms with van der Waals surface area (Å²) in [5.74, 6) is 0.445. The van der Waals surface area contributed by atoms with Crippen LogP contribution in [0, 0.1) is 12.7 Å². The molecule has 3 nitrogen and oxygen atoms in total. The third-order valence-electron chi connectivity index (χ3n) is 2.96. The molecule has 1 heterocycles. The van der Waals surface area contributed by atoms with E-state index in [0.29, 0.717) is 17.9 Å². The van der Waals surface area contributed by atoms with Crippen molar-refractivity contribution in [1.82, 2.24) is 10.3 Å². The fourth-order valence-electron chi connectivity index (χ4n) is 1.87. The molecule has 0 unspecified atom stereocenters. The Morgan fingerprint density at radius 2 is 2.00 bits per heavy atom. The number of nitrogens with one attached hydrogen (secondary N) is 1. The molecule has 0 amide bonds. The first kappa shape index (κ1) is 14.5. The number of nitrogens with zero attached hydrogens (tertiary/aromatic N) is 1. The number of ether oxygens (including phenoxy) is 1. The van der Waals surface area contributed by atoms with Crippen molar-refractivity contribution in [3.8, 4) is 5.75 Å². The monoisotopic (exact) mass is 274 g/mol. The molecule has 0 atom stereocenters. The molecule has 0 radical (unpaired) electrons. The molecule has 0 bridgehead atoms. The normalized spacial score (nSPS) is 10.6. The van der Waals surface area contributed by atoms with Crippen LogP contribution in [0.1, 0.15) is 23.9 Å². The minimum atomic E-state index is -0.249. The summed E-state index contributed by atoms with van der Waals surface area (Å²) >= 11 is 0. The average Bonchev–Trinajstić information content (AvgIpc) is 2.45. The summed E-state index contributed by atoms with van der Waals surface area (Å²) in [4.78, 5) is 4.46. The number of benzene rings is 1. The number of aromatic nitrogens is 1. The molecule has 4 heteroatoms. The van der Waals surface area contributed by atoms with Gasteiger partial charge in [-0.25, -0.2) is 4.39 Å². The molecule has 1 aromatic carbocycles. The summed E-state index contributed by atoms with van der Waals surface area (Å²) in [5.41, 5.74) is 2.34. The SMILES string of the molecule is CCNCc1nc(C)ccc1OCc1ccccc1F. The van der Waals surface area contributed by atoms with Crippen LogP contribution in [0.2, 0.25) is 0 Å². The van der Waals surface area contributed by atoms with E-state index in [-0.39, 0.29) is 12.4 Å². The Hall–Kier alpha value is -1.94. The number of halogens is 1. The minimum Gasteiger partial charge on any atom is -0.487 e. The van der Waals surface area contributed by atoms with E-state index in [0.717, 1.165) is 17.9 Å². The average molecular weight is 274 g/mol. The van der Waals surface area contributed by atoms with Gasteiger partial charge in [0.25, 0.3) is 0 Å². The minimum absolute atomic E-state index is 0.205. The zero-order valence-corrected chi connectivity index (χ0v) is 11.8. The molecule has 2 rings (SSSR count). The van der Waals surface area contributed by atoms with Crippen LogP contribution in [0.5, 0.6) is 5.75 Å². The van der Waals surface area contributed by atoms with Gasteiger partial charge in [0, 0.05) is 17.8 Å². The van der Waals surface area contributed by atoms with E-state index in [1.807, 2.05) is 26.0 Å². The van der Waals surface area contributed by atoms with Crippen LogP contribution in [0.4, 0.5) is 4.39 Å². The van der Waals surface area contributed by atoms with E-state index >= 15 is 0 Å². The van der Waals surface area contributed by atoms with E-state index in [4.69, 9.17) is 4.74 Å². The molecular formula is C16H19FN2O. The first-order valence-corrected chi connectivity index (χ1v) is 6.74. The highest BCUT2D eigenvalue weighted by molar-refractivity contribution is 5.30. The predicted molar refractivity (Wildman–Crippen MR) is 77.1 cm³/mol. The molecule has 2 aromatic rings. The standard InChI is InChI=1S/C16H19FN2O/c1-3-18-10-15-16(9-8-12(2)19-15)20-11-13-6-4-5-7-14(13)17/h4-9,18H,3,10-11H2,1-2H3. The lowest BCUT2D eigenvalue weighted by molar-refractivity contribution is 0.294. The van der Waals surface area contributed by atoms with Crippen molar-refractivity contribution in [3.05, 3.63) is 59.2 Å². The first-order chi connectivity index (χ1) is 9.70. The van der Waals surface area contributed by atoms with Crippen LogP contribution in [-0.4, -0.2) is 11.5 Å². The molecule has 0 aliphatic carbocycles. The van der Waals surface area contributed by atoms with Gasteiger partial charge in [0.1, 0.15) is 18.2 Å². The highest BCUT2D eigenvalue weighted by Crippen LogP contribution is 2.19. The summed E-state index contributed by atoms with van der Waals surface area (Å²) in [6.45, 7) is 5.69. The summed E-state index contributed by atoms with van der Waals surface area (Å²) < 4.78 is 19.3. The lowest BCUT2D eigenvalue weighted by Crippen LogP contribution is -2.14. The number of rotatable bonds is 6. The van der Waals surface area contributed by atoms with Gasteiger partial charge in [0.2, 0.25) is 0 Å². The Kier molecular flexibility index (Phi) is 5.07. The second-order valence-corrected chi connectivity index (χ2v) is 4.56. The molecule has 20 heavy (non-hydrogen) atoms. The van der Waals surface area contributed by atoms with Crippen molar-refractivity contribution < 1.29 is 9.13 Å². The second-order valence-electron chi connectivity index (χ2n) is 4.56. The van der Waals surface area contributed by atoms with Crippen molar-refractivity contribution in [2.24, 2.45) is 0 Å². The van der Waals surface area contributed by atoms with Crippen molar-refractivity contribution in [2.45, 2.75) is 27.0 Å². The molecule has 1 aromatic heterocycles. The van der Waals surface area contributed by atoms with E-state index in [2.05, 4.69) is 10.3 Å². The molecule has 0 aliphatic rings. The molecule has 0 saturated heterocycles. The van der Waals surface area contributed by atoms with Crippen molar-refractivity contribution in [3.63, 3.8) is 0 Å². The van der Waals surface area contributed by atoms with E-state index in [1.54, 1.807) is 18.2 Å². The summed E-state index contributed by atoms with van der Waals surface area (Å²) in [7, 11) is 0. The third-order valence-corrected chi connectivity index (χ3v) is 2.96. The topological polar surface area (TPSA) is 34.2 Å². The lowest BCUT2D eigenvalue weighted by Gasteiger charge is -2.12. The molecule has 106 valence electrons. The summed E-state index contributed by atoms with van der Waals surface area (Å²) in [5, 5.41) is 3.23. The maximum absolute atomic E-state index is 13.6. The Labute approximate surface area is 118 Å². The van der Waals surface area contributed by atoms with Crippen LogP contribution in [0.15, 0.2) is 36.4 Å². The Bertz CT molecular complexity index is 572. The van der Waals surface area contributed by atoms with Gasteiger partial charge in [-0.1, -0.05) is 25.1 Å². The Morgan fingerprint density at radius 3 is 2.75 bits per heavy atom. The number of pyridine rings is 1. The highest BCUT2D eigenvalue weighted by atomic mass is 19.1. The predicted octanol–water partition coefficient (Wildman–Crippen LogP) is 3.22. The van der Waals surface area contributed by atoms with Crippen LogP contribution < -0.4 is 10.1 Å². The molecule has 1 N–H and O–H groups in total. The van der Waals surface area contributed by atoms with Gasteiger partial charge in [-0.3, -0.25) is 4.98 Å². The van der Waals surface area contributed by atoms with Gasteiger partial charge in [-0.2, -0.15) is 0 Å². The lowest BCUT2D eigenvalue weighted by atomic mass is 10.2. The number of aryl methyl sites for hydroxylation is 1. The maximum Gasteiger partial charge on any atom is 0.142 e. The molecule has 0 fully saturated rings. The fraction of sp³-hybridized carbons (Fsp3) is 0.312. The van der Waals surface area contributed by atoms with Gasteiger partial charge in [0.05, 0.1) is 5.69 Å². The second kappa shape index (κ2) is 7.01. The quantitative estimate of drug-likeness (QED) is 0.878. The van der Waals surface area contributed by atoms with Crippen LogP contribution in [0.25, 0.3) is 0 Å². The van der Waals surface area contributed by atoms with Crippen molar-refractivity contribution in [1.29, 1.82) is 0 Å². The van der Waals surface area contributed by atoms with E-state index in [1.165, 1.54) is 6.07 Å². The maximum atomic E-state index is 13.6. The number of hydrogen-bond acceptors (Lipinski definition) is 3. The van der Waals surface area contributed by atoms with Crippen LogP contribution in [-0.2, 0) is 13.2 Å². The van der Waals surface area contributed by atoms with Crippen molar-refractivity contribution in [2.75, 3.05) is 6.54 Å². The van der Waals surface area contributed by atoms with Gasteiger partial charge in [0.15, 0.2) is 0 Å².